The maximum atomic E-state index is 10.8. The van der Waals surface area contributed by atoms with Crippen LogP contribution in [0.2, 0.25) is 0 Å². The highest BCUT2D eigenvalue weighted by Crippen LogP contribution is 2.24. The summed E-state index contributed by atoms with van der Waals surface area (Å²) in [4.78, 5) is 10.9. The quantitative estimate of drug-likeness (QED) is 0.779. The van der Waals surface area contributed by atoms with E-state index in [0.29, 0.717) is 0 Å². The fourth-order valence-electron chi connectivity index (χ4n) is 1.10. The van der Waals surface area contributed by atoms with E-state index in [1.54, 1.807) is 11.4 Å². The highest BCUT2D eigenvalue weighted by Gasteiger charge is 2.14. The third-order valence-corrected chi connectivity index (χ3v) is 2.76. The van der Waals surface area contributed by atoms with Gasteiger partial charge in [0.15, 0.2) is 4.88 Å². The van der Waals surface area contributed by atoms with Crippen molar-refractivity contribution >= 4 is 17.3 Å². The molecule has 0 aromatic carbocycles. The topological polar surface area (TPSA) is 76.0 Å². The number of carboxylic acid groups (broad SMARTS) is 1. The van der Waals surface area contributed by atoms with Crippen LogP contribution >= 0.6 is 11.3 Å². The van der Waals surface area contributed by atoms with E-state index in [9.17, 15) is 9.90 Å². The van der Waals surface area contributed by atoms with Gasteiger partial charge in [0.05, 0.1) is 12.7 Å². The van der Waals surface area contributed by atoms with Crippen LogP contribution in [0.1, 0.15) is 23.5 Å². The highest BCUT2D eigenvalue weighted by molar-refractivity contribution is 7.12. The maximum Gasteiger partial charge on any atom is 0.349 e. The van der Waals surface area contributed by atoms with Crippen molar-refractivity contribution in [1.29, 1.82) is 0 Å². The number of rotatable bonds is 7. The zero-order valence-corrected chi connectivity index (χ0v) is 10.6. The van der Waals surface area contributed by atoms with Crippen LogP contribution in [-0.2, 0) is 4.74 Å². The first kappa shape index (κ1) is 14.0. The molecular formula is C11H16O5S. The Kier molecular flexibility index (Phi) is 5.40. The van der Waals surface area contributed by atoms with Gasteiger partial charge in [-0.05, 0) is 25.3 Å². The largest absolute Gasteiger partial charge is 0.489 e. The summed E-state index contributed by atoms with van der Waals surface area (Å²) in [6.07, 6.45) is -0.723. The summed E-state index contributed by atoms with van der Waals surface area (Å²) < 4.78 is 10.4. The van der Waals surface area contributed by atoms with E-state index >= 15 is 0 Å². The van der Waals surface area contributed by atoms with Crippen molar-refractivity contribution in [3.8, 4) is 5.75 Å². The van der Waals surface area contributed by atoms with Crippen LogP contribution in [0.5, 0.6) is 5.75 Å². The second-order valence-corrected chi connectivity index (χ2v) is 4.68. The van der Waals surface area contributed by atoms with Gasteiger partial charge in [-0.2, -0.15) is 0 Å². The number of carbonyl (C=O) groups is 1. The van der Waals surface area contributed by atoms with Crippen molar-refractivity contribution in [1.82, 2.24) is 0 Å². The molecule has 1 rings (SSSR count). The number of carboxylic acids is 1. The normalized spacial score (nSPS) is 12.7. The minimum Gasteiger partial charge on any atom is -0.489 e. The van der Waals surface area contributed by atoms with Crippen molar-refractivity contribution in [2.45, 2.75) is 26.1 Å². The van der Waals surface area contributed by atoms with E-state index in [0.717, 1.165) is 11.3 Å². The molecule has 5 nitrogen and oxygen atoms in total. The Morgan fingerprint density at radius 1 is 1.47 bits per heavy atom. The van der Waals surface area contributed by atoms with Gasteiger partial charge in [-0.1, -0.05) is 0 Å². The van der Waals surface area contributed by atoms with Gasteiger partial charge in [-0.3, -0.25) is 0 Å². The predicted octanol–water partition coefficient (Wildman–Crippen LogP) is 1.61. The summed E-state index contributed by atoms with van der Waals surface area (Å²) >= 11 is 1.09. The molecule has 17 heavy (non-hydrogen) atoms. The molecule has 2 N–H and O–H groups in total. The van der Waals surface area contributed by atoms with Crippen molar-refractivity contribution in [2.75, 3.05) is 13.2 Å². The van der Waals surface area contributed by atoms with E-state index in [1.807, 2.05) is 13.8 Å². The monoisotopic (exact) mass is 260 g/mol. The lowest BCUT2D eigenvalue weighted by molar-refractivity contribution is -0.0123. The van der Waals surface area contributed by atoms with Gasteiger partial charge < -0.3 is 19.7 Å². The molecule has 0 aliphatic carbocycles. The van der Waals surface area contributed by atoms with Crippen LogP contribution in [0.15, 0.2) is 11.4 Å². The molecule has 0 aliphatic rings. The molecule has 0 amide bonds. The van der Waals surface area contributed by atoms with Crippen LogP contribution in [0, 0.1) is 0 Å². The summed E-state index contributed by atoms with van der Waals surface area (Å²) in [5.41, 5.74) is 0. The minimum atomic E-state index is -1.03. The summed E-state index contributed by atoms with van der Waals surface area (Å²) in [6, 6.07) is 1.57. The highest BCUT2D eigenvalue weighted by atomic mass is 32.1. The Balaban J connectivity index is 2.39. The Labute approximate surface area is 104 Å². The third-order valence-electron chi connectivity index (χ3n) is 1.88. The van der Waals surface area contributed by atoms with Crippen LogP contribution in [0.4, 0.5) is 0 Å². The number of aliphatic hydroxyl groups is 1. The summed E-state index contributed by atoms with van der Waals surface area (Å²) in [5, 5.41) is 20.0. The van der Waals surface area contributed by atoms with Crippen LogP contribution in [0.3, 0.4) is 0 Å². The van der Waals surface area contributed by atoms with Crippen molar-refractivity contribution in [3.05, 3.63) is 16.3 Å². The lowest BCUT2D eigenvalue weighted by Gasteiger charge is -2.14. The van der Waals surface area contributed by atoms with Gasteiger partial charge in [-0.15, -0.1) is 11.3 Å². The molecule has 0 radical (unpaired) electrons. The Morgan fingerprint density at radius 2 is 2.18 bits per heavy atom. The van der Waals surface area contributed by atoms with Crippen molar-refractivity contribution in [3.63, 3.8) is 0 Å². The van der Waals surface area contributed by atoms with Gasteiger partial charge in [0.25, 0.3) is 0 Å². The van der Waals surface area contributed by atoms with Crippen molar-refractivity contribution in [2.24, 2.45) is 0 Å². The lowest BCUT2D eigenvalue weighted by Crippen LogP contribution is -2.25. The summed E-state index contributed by atoms with van der Waals surface area (Å²) in [6.45, 7) is 3.93. The maximum absolute atomic E-state index is 10.8. The standard InChI is InChI=1S/C11H16O5S/c1-7(2)15-5-8(12)6-16-9-3-4-17-10(9)11(13)14/h3-4,7-8,12H,5-6H2,1-2H3,(H,13,14). The van der Waals surface area contributed by atoms with Gasteiger partial charge in [-0.25, -0.2) is 4.79 Å². The molecule has 1 atom stereocenters. The molecule has 1 aromatic rings. The second kappa shape index (κ2) is 6.58. The number of thiophene rings is 1. The molecule has 1 aromatic heterocycles. The Bertz CT molecular complexity index is 360. The number of hydrogen-bond acceptors (Lipinski definition) is 5. The molecule has 0 aliphatic heterocycles. The molecular weight excluding hydrogens is 244 g/mol. The van der Waals surface area contributed by atoms with E-state index in [4.69, 9.17) is 14.6 Å². The molecule has 0 saturated carbocycles. The third kappa shape index (κ3) is 4.72. The summed E-state index contributed by atoms with van der Waals surface area (Å²) in [7, 11) is 0. The first-order valence-corrected chi connectivity index (χ1v) is 6.12. The minimum absolute atomic E-state index is 0.0176. The van der Waals surface area contributed by atoms with Crippen LogP contribution < -0.4 is 4.74 Å². The lowest BCUT2D eigenvalue weighted by atomic mass is 10.4. The zero-order valence-electron chi connectivity index (χ0n) is 9.75. The fraction of sp³-hybridized carbons (Fsp3) is 0.545. The second-order valence-electron chi connectivity index (χ2n) is 3.77. The Hall–Kier alpha value is -1.11. The molecule has 0 saturated heterocycles. The number of hydrogen-bond donors (Lipinski definition) is 2. The zero-order chi connectivity index (χ0) is 12.8. The van der Waals surface area contributed by atoms with Gasteiger partial charge in [0, 0.05) is 0 Å². The van der Waals surface area contributed by atoms with E-state index in [2.05, 4.69) is 0 Å². The van der Waals surface area contributed by atoms with Crippen molar-refractivity contribution < 1.29 is 24.5 Å². The molecule has 1 unspecified atom stereocenters. The molecule has 96 valence electrons. The molecule has 1 heterocycles. The number of ether oxygens (including phenoxy) is 2. The Morgan fingerprint density at radius 3 is 2.76 bits per heavy atom. The van der Waals surface area contributed by atoms with Gasteiger partial charge in [0.2, 0.25) is 0 Å². The van der Waals surface area contributed by atoms with Gasteiger partial charge in [0.1, 0.15) is 18.5 Å². The summed E-state index contributed by atoms with van der Waals surface area (Å²) in [5.74, 6) is -0.742. The predicted molar refractivity (Wildman–Crippen MR) is 63.9 cm³/mol. The average Bonchev–Trinajstić information content (AvgIpc) is 2.71. The average molecular weight is 260 g/mol. The van der Waals surface area contributed by atoms with E-state index < -0.39 is 12.1 Å². The molecule has 0 spiro atoms. The van der Waals surface area contributed by atoms with E-state index in [-0.39, 0.29) is 29.9 Å². The molecule has 6 heteroatoms. The number of aromatic carboxylic acids is 1. The number of aliphatic hydroxyl groups excluding tert-OH is 1. The smallest absolute Gasteiger partial charge is 0.349 e. The fourth-order valence-corrected chi connectivity index (χ4v) is 1.78. The van der Waals surface area contributed by atoms with Gasteiger partial charge >= 0.3 is 5.97 Å². The first-order chi connectivity index (χ1) is 8.00. The first-order valence-electron chi connectivity index (χ1n) is 5.24. The van der Waals surface area contributed by atoms with E-state index in [1.165, 1.54) is 0 Å². The van der Waals surface area contributed by atoms with Crippen LogP contribution in [-0.4, -0.2) is 41.6 Å². The SMILES string of the molecule is CC(C)OCC(O)COc1ccsc1C(=O)O. The molecule has 0 bridgehead atoms. The molecule has 0 fully saturated rings. The van der Waals surface area contributed by atoms with Crippen LogP contribution in [0.25, 0.3) is 0 Å².